The number of nitrogens with zero attached hydrogens (tertiary/aromatic N) is 2. The molecule has 0 radical (unpaired) electrons. The molecule has 3 aromatic rings. The number of thiophene rings is 1. The number of carbonyl (C=O) groups is 1. The van der Waals surface area contributed by atoms with Crippen molar-refractivity contribution in [2.45, 2.75) is 19.5 Å². The van der Waals surface area contributed by atoms with Gasteiger partial charge in [0.1, 0.15) is 0 Å². The molecule has 0 unspecified atom stereocenters. The second-order valence-corrected chi connectivity index (χ2v) is 5.90. The number of hydrogen-bond donors (Lipinski definition) is 0. The fourth-order valence-electron chi connectivity index (χ4n) is 2.37. The van der Waals surface area contributed by atoms with Gasteiger partial charge in [0.15, 0.2) is 5.58 Å². The fraction of sp³-hybridized carbons (Fsp3) is 0.250. The van der Waals surface area contributed by atoms with Crippen LogP contribution in [0.4, 0.5) is 0 Å². The van der Waals surface area contributed by atoms with Crippen LogP contribution in [0, 0.1) is 0 Å². The number of para-hydroxylation sites is 2. The van der Waals surface area contributed by atoms with Gasteiger partial charge in [0.2, 0.25) is 5.91 Å². The van der Waals surface area contributed by atoms with E-state index in [2.05, 4.69) is 0 Å². The lowest BCUT2D eigenvalue weighted by atomic mass is 10.3. The van der Waals surface area contributed by atoms with E-state index < -0.39 is 5.76 Å². The van der Waals surface area contributed by atoms with Crippen molar-refractivity contribution in [3.63, 3.8) is 0 Å². The molecule has 0 bridgehead atoms. The molecule has 0 aliphatic rings. The molecule has 22 heavy (non-hydrogen) atoms. The quantitative estimate of drug-likeness (QED) is 0.727. The van der Waals surface area contributed by atoms with E-state index in [0.29, 0.717) is 18.7 Å². The van der Waals surface area contributed by atoms with E-state index in [1.807, 2.05) is 35.0 Å². The van der Waals surface area contributed by atoms with Crippen molar-refractivity contribution in [3.8, 4) is 0 Å². The SMILES string of the molecule is CN(Cc1ccsc1)C(=O)CCn1c(=O)oc2ccccc21. The van der Waals surface area contributed by atoms with Gasteiger partial charge in [0, 0.05) is 26.6 Å². The van der Waals surface area contributed by atoms with Crippen molar-refractivity contribution in [3.05, 3.63) is 57.2 Å². The molecule has 0 atom stereocenters. The fourth-order valence-corrected chi connectivity index (χ4v) is 3.03. The van der Waals surface area contributed by atoms with Crippen LogP contribution in [-0.2, 0) is 17.9 Å². The van der Waals surface area contributed by atoms with Gasteiger partial charge in [-0.1, -0.05) is 12.1 Å². The van der Waals surface area contributed by atoms with Gasteiger partial charge in [0.25, 0.3) is 0 Å². The predicted octanol–water partition coefficient (Wildman–Crippen LogP) is 2.70. The van der Waals surface area contributed by atoms with E-state index in [0.717, 1.165) is 11.1 Å². The molecule has 1 amide bonds. The highest BCUT2D eigenvalue weighted by Crippen LogP contribution is 2.13. The number of hydrogen-bond acceptors (Lipinski definition) is 4. The minimum absolute atomic E-state index is 0.00313. The molecule has 0 saturated heterocycles. The number of aromatic nitrogens is 1. The highest BCUT2D eigenvalue weighted by Gasteiger charge is 2.13. The van der Waals surface area contributed by atoms with Crippen molar-refractivity contribution in [1.82, 2.24) is 9.47 Å². The molecular formula is C16H16N2O3S. The van der Waals surface area contributed by atoms with Gasteiger partial charge in [-0.2, -0.15) is 11.3 Å². The zero-order valence-corrected chi connectivity index (χ0v) is 13.0. The van der Waals surface area contributed by atoms with E-state index in [9.17, 15) is 9.59 Å². The Bertz CT molecular complexity index is 833. The second kappa shape index (κ2) is 6.19. The minimum Gasteiger partial charge on any atom is -0.408 e. The molecule has 1 aromatic carbocycles. The Labute approximate surface area is 131 Å². The standard InChI is InChI=1S/C16H16N2O3S/c1-17(10-12-7-9-22-11-12)15(19)6-8-18-13-4-2-3-5-14(13)21-16(18)20/h2-5,7,9,11H,6,8,10H2,1H3. The van der Waals surface area contributed by atoms with Crippen LogP contribution in [0.3, 0.4) is 0 Å². The first-order valence-electron chi connectivity index (χ1n) is 6.98. The first-order chi connectivity index (χ1) is 10.6. The van der Waals surface area contributed by atoms with Gasteiger partial charge in [-0.3, -0.25) is 9.36 Å². The first-order valence-corrected chi connectivity index (χ1v) is 7.93. The summed E-state index contributed by atoms with van der Waals surface area (Å²) in [6.45, 7) is 0.909. The molecule has 3 rings (SSSR count). The Morgan fingerprint density at radius 2 is 2.14 bits per heavy atom. The Kier molecular flexibility index (Phi) is 4.11. The van der Waals surface area contributed by atoms with E-state index in [1.165, 1.54) is 4.57 Å². The van der Waals surface area contributed by atoms with E-state index in [1.54, 1.807) is 29.4 Å². The van der Waals surface area contributed by atoms with Gasteiger partial charge in [-0.15, -0.1) is 0 Å². The monoisotopic (exact) mass is 316 g/mol. The minimum atomic E-state index is -0.422. The molecule has 0 saturated carbocycles. The summed E-state index contributed by atoms with van der Waals surface area (Å²) < 4.78 is 6.67. The maximum atomic E-state index is 12.2. The summed E-state index contributed by atoms with van der Waals surface area (Å²) in [5, 5.41) is 4.02. The lowest BCUT2D eigenvalue weighted by Crippen LogP contribution is -2.28. The molecule has 2 aromatic heterocycles. The first kappa shape index (κ1) is 14.6. The second-order valence-electron chi connectivity index (χ2n) is 5.12. The molecule has 2 heterocycles. The summed E-state index contributed by atoms with van der Waals surface area (Å²) in [4.78, 5) is 25.7. The summed E-state index contributed by atoms with van der Waals surface area (Å²) in [5.74, 6) is -0.419. The molecular weight excluding hydrogens is 300 g/mol. The largest absolute Gasteiger partial charge is 0.419 e. The van der Waals surface area contributed by atoms with Crippen molar-refractivity contribution >= 4 is 28.3 Å². The number of oxazole rings is 1. The Hall–Kier alpha value is -2.34. The van der Waals surface area contributed by atoms with Crippen LogP contribution in [0.25, 0.3) is 11.1 Å². The van der Waals surface area contributed by atoms with Crippen LogP contribution in [-0.4, -0.2) is 22.4 Å². The van der Waals surface area contributed by atoms with Crippen LogP contribution in [0.5, 0.6) is 0 Å². The van der Waals surface area contributed by atoms with E-state index >= 15 is 0 Å². The molecule has 0 fully saturated rings. The number of fused-ring (bicyclic) bond motifs is 1. The summed E-state index contributed by atoms with van der Waals surface area (Å²) in [5.41, 5.74) is 2.39. The van der Waals surface area contributed by atoms with Crippen LogP contribution >= 0.6 is 11.3 Å². The Morgan fingerprint density at radius 3 is 2.91 bits per heavy atom. The molecule has 0 N–H and O–H groups in total. The highest BCUT2D eigenvalue weighted by molar-refractivity contribution is 7.07. The number of amides is 1. The predicted molar refractivity (Wildman–Crippen MR) is 85.9 cm³/mol. The number of aryl methyl sites for hydroxylation is 1. The third-order valence-corrected chi connectivity index (χ3v) is 4.28. The maximum absolute atomic E-state index is 12.2. The molecule has 0 aliphatic heterocycles. The summed E-state index contributed by atoms with van der Waals surface area (Å²) >= 11 is 1.61. The lowest BCUT2D eigenvalue weighted by molar-refractivity contribution is -0.130. The molecule has 114 valence electrons. The smallest absolute Gasteiger partial charge is 0.408 e. The topological polar surface area (TPSA) is 55.5 Å². The van der Waals surface area contributed by atoms with Crippen LogP contribution < -0.4 is 5.76 Å². The summed E-state index contributed by atoms with van der Waals surface area (Å²) in [6.07, 6.45) is 0.268. The van der Waals surface area contributed by atoms with Gasteiger partial charge < -0.3 is 9.32 Å². The molecule has 0 spiro atoms. The average Bonchev–Trinajstić information content (AvgIpc) is 3.12. The molecule has 5 nitrogen and oxygen atoms in total. The maximum Gasteiger partial charge on any atom is 0.419 e. The molecule has 6 heteroatoms. The van der Waals surface area contributed by atoms with Crippen molar-refractivity contribution in [2.75, 3.05) is 7.05 Å². The zero-order chi connectivity index (χ0) is 15.5. The van der Waals surface area contributed by atoms with Gasteiger partial charge in [-0.05, 0) is 34.5 Å². The average molecular weight is 316 g/mol. The lowest BCUT2D eigenvalue weighted by Gasteiger charge is -2.16. The number of rotatable bonds is 5. The number of benzene rings is 1. The third kappa shape index (κ3) is 2.96. The van der Waals surface area contributed by atoms with E-state index in [4.69, 9.17) is 4.42 Å². The number of carbonyl (C=O) groups excluding carboxylic acids is 1. The third-order valence-electron chi connectivity index (χ3n) is 3.55. The summed E-state index contributed by atoms with van der Waals surface area (Å²) in [6, 6.07) is 9.23. The van der Waals surface area contributed by atoms with Crippen LogP contribution in [0.2, 0.25) is 0 Å². The zero-order valence-electron chi connectivity index (χ0n) is 12.2. The molecule has 0 aliphatic carbocycles. The van der Waals surface area contributed by atoms with Crippen molar-refractivity contribution in [1.29, 1.82) is 0 Å². The van der Waals surface area contributed by atoms with Crippen LogP contribution in [0.1, 0.15) is 12.0 Å². The van der Waals surface area contributed by atoms with Gasteiger partial charge in [0.05, 0.1) is 5.52 Å². The van der Waals surface area contributed by atoms with Crippen molar-refractivity contribution in [2.24, 2.45) is 0 Å². The highest BCUT2D eigenvalue weighted by atomic mass is 32.1. The normalized spacial score (nSPS) is 11.0. The Balaban J connectivity index is 1.67. The van der Waals surface area contributed by atoms with Gasteiger partial charge >= 0.3 is 5.76 Å². The van der Waals surface area contributed by atoms with E-state index in [-0.39, 0.29) is 12.3 Å². The summed E-state index contributed by atoms with van der Waals surface area (Å²) in [7, 11) is 1.77. The van der Waals surface area contributed by atoms with Crippen LogP contribution in [0.15, 0.2) is 50.3 Å². The Morgan fingerprint density at radius 1 is 1.32 bits per heavy atom. The van der Waals surface area contributed by atoms with Gasteiger partial charge in [-0.25, -0.2) is 4.79 Å². The van der Waals surface area contributed by atoms with Crippen molar-refractivity contribution < 1.29 is 9.21 Å².